The summed E-state index contributed by atoms with van der Waals surface area (Å²) in [6.07, 6.45) is 1.01. The van der Waals surface area contributed by atoms with E-state index in [4.69, 9.17) is 23.7 Å². The van der Waals surface area contributed by atoms with Crippen LogP contribution in [0.3, 0.4) is 0 Å². The van der Waals surface area contributed by atoms with Crippen molar-refractivity contribution in [3.8, 4) is 17.2 Å². The molecular formula is C16H17NO7. The number of carboxylic acids is 1. The summed E-state index contributed by atoms with van der Waals surface area (Å²) in [5.74, 6) is -0.292. The number of nitrogens with one attached hydrogen (secondary N) is 1. The zero-order valence-corrected chi connectivity index (χ0v) is 13.4. The molecule has 0 radical (unpaired) electrons. The molecular weight excluding hydrogens is 318 g/mol. The second-order valence-corrected chi connectivity index (χ2v) is 4.71. The molecule has 2 aromatic rings. The van der Waals surface area contributed by atoms with E-state index in [2.05, 4.69) is 5.32 Å². The van der Waals surface area contributed by atoms with Crippen molar-refractivity contribution in [3.05, 3.63) is 41.3 Å². The van der Waals surface area contributed by atoms with E-state index >= 15 is 0 Å². The topological polar surface area (TPSA) is 107 Å². The number of aromatic carboxylic acids is 1. The Bertz CT molecular complexity index is 751. The van der Waals surface area contributed by atoms with Crippen molar-refractivity contribution < 1.29 is 33.3 Å². The van der Waals surface area contributed by atoms with Crippen LogP contribution in [-0.4, -0.2) is 38.3 Å². The van der Waals surface area contributed by atoms with E-state index in [9.17, 15) is 9.59 Å². The number of ether oxygens (including phenoxy) is 3. The highest BCUT2D eigenvalue weighted by Gasteiger charge is 2.16. The third kappa shape index (κ3) is 3.60. The standard InChI is InChI=1S/C16H17NO7/c1-21-11-6-13(23-3)12(22-2)4-9(11)7-17-15(18)14-5-10(8-24-14)16(19)20/h4-6,8H,7H2,1-3H3,(H,17,18)(H,19,20). The number of methoxy groups -OCH3 is 3. The molecule has 0 atom stereocenters. The average molecular weight is 335 g/mol. The molecule has 128 valence electrons. The summed E-state index contributed by atoms with van der Waals surface area (Å²) >= 11 is 0. The molecule has 0 aliphatic rings. The fourth-order valence-corrected chi connectivity index (χ4v) is 2.06. The Hall–Kier alpha value is -3.16. The van der Waals surface area contributed by atoms with E-state index in [1.54, 1.807) is 12.1 Å². The second-order valence-electron chi connectivity index (χ2n) is 4.71. The summed E-state index contributed by atoms with van der Waals surface area (Å²) in [5.41, 5.74) is 0.567. The summed E-state index contributed by atoms with van der Waals surface area (Å²) < 4.78 is 20.6. The number of amides is 1. The summed E-state index contributed by atoms with van der Waals surface area (Å²) in [4.78, 5) is 22.8. The van der Waals surface area contributed by atoms with Crippen LogP contribution in [0.4, 0.5) is 0 Å². The molecule has 0 spiro atoms. The SMILES string of the molecule is COc1cc(OC)c(OC)cc1CNC(=O)c1cc(C(=O)O)co1. The number of hydrogen-bond donors (Lipinski definition) is 2. The Morgan fingerprint density at radius 2 is 1.67 bits per heavy atom. The number of carbonyl (C=O) groups is 2. The molecule has 0 saturated heterocycles. The number of carbonyl (C=O) groups excluding carboxylic acids is 1. The van der Waals surface area contributed by atoms with Crippen LogP contribution in [0, 0.1) is 0 Å². The van der Waals surface area contributed by atoms with Gasteiger partial charge in [0.2, 0.25) is 0 Å². The van der Waals surface area contributed by atoms with Crippen LogP contribution in [0.5, 0.6) is 17.2 Å². The van der Waals surface area contributed by atoms with Crippen molar-refractivity contribution in [3.63, 3.8) is 0 Å². The van der Waals surface area contributed by atoms with Gasteiger partial charge in [0.25, 0.3) is 5.91 Å². The molecule has 1 amide bonds. The highest BCUT2D eigenvalue weighted by molar-refractivity contribution is 5.95. The third-order valence-corrected chi connectivity index (χ3v) is 3.30. The lowest BCUT2D eigenvalue weighted by molar-refractivity contribution is 0.0695. The largest absolute Gasteiger partial charge is 0.496 e. The molecule has 24 heavy (non-hydrogen) atoms. The molecule has 2 N–H and O–H groups in total. The smallest absolute Gasteiger partial charge is 0.338 e. The third-order valence-electron chi connectivity index (χ3n) is 3.30. The summed E-state index contributed by atoms with van der Waals surface area (Å²) in [7, 11) is 4.51. The van der Waals surface area contributed by atoms with Gasteiger partial charge in [0.1, 0.15) is 12.0 Å². The van der Waals surface area contributed by atoms with E-state index in [0.29, 0.717) is 22.8 Å². The lowest BCUT2D eigenvalue weighted by atomic mass is 10.1. The second kappa shape index (κ2) is 7.40. The van der Waals surface area contributed by atoms with Gasteiger partial charge in [0.05, 0.1) is 26.9 Å². The van der Waals surface area contributed by atoms with Gasteiger partial charge in [0.15, 0.2) is 17.3 Å². The van der Waals surface area contributed by atoms with Crippen LogP contribution >= 0.6 is 0 Å². The number of rotatable bonds is 7. The zero-order chi connectivity index (χ0) is 17.7. The average Bonchev–Trinajstić information content (AvgIpc) is 3.09. The number of furan rings is 1. The predicted molar refractivity (Wildman–Crippen MR) is 82.9 cm³/mol. The highest BCUT2D eigenvalue weighted by atomic mass is 16.5. The van der Waals surface area contributed by atoms with E-state index in [-0.39, 0.29) is 17.9 Å². The maximum Gasteiger partial charge on any atom is 0.338 e. The van der Waals surface area contributed by atoms with Gasteiger partial charge < -0.3 is 29.1 Å². The maximum absolute atomic E-state index is 12.0. The quantitative estimate of drug-likeness (QED) is 0.796. The Balaban J connectivity index is 2.15. The molecule has 0 fully saturated rings. The fraction of sp³-hybridized carbons (Fsp3) is 0.250. The Labute approximate surface area is 137 Å². The Kier molecular flexibility index (Phi) is 5.31. The van der Waals surface area contributed by atoms with Gasteiger partial charge >= 0.3 is 5.97 Å². The van der Waals surface area contributed by atoms with E-state index in [1.807, 2.05) is 0 Å². The zero-order valence-electron chi connectivity index (χ0n) is 13.4. The minimum absolute atomic E-state index is 0.0909. The first kappa shape index (κ1) is 17.2. The van der Waals surface area contributed by atoms with Crippen LogP contribution < -0.4 is 19.5 Å². The van der Waals surface area contributed by atoms with Crippen LogP contribution in [0.2, 0.25) is 0 Å². The van der Waals surface area contributed by atoms with Gasteiger partial charge in [-0.05, 0) is 6.07 Å². The molecule has 0 saturated carbocycles. The van der Waals surface area contributed by atoms with Crippen molar-refractivity contribution >= 4 is 11.9 Å². The van der Waals surface area contributed by atoms with Crippen molar-refractivity contribution in [2.24, 2.45) is 0 Å². The molecule has 8 heteroatoms. The molecule has 0 bridgehead atoms. The summed E-state index contributed by atoms with van der Waals surface area (Å²) in [5, 5.41) is 11.5. The first-order valence-corrected chi connectivity index (χ1v) is 6.89. The predicted octanol–water partition coefficient (Wildman–Crippen LogP) is 1.93. The van der Waals surface area contributed by atoms with Crippen molar-refractivity contribution in [1.29, 1.82) is 0 Å². The molecule has 0 unspecified atom stereocenters. The van der Waals surface area contributed by atoms with Crippen LogP contribution in [0.1, 0.15) is 26.5 Å². The van der Waals surface area contributed by atoms with Crippen molar-refractivity contribution in [1.82, 2.24) is 5.32 Å². The number of carboxylic acid groups (broad SMARTS) is 1. The van der Waals surface area contributed by atoms with E-state index in [1.165, 1.54) is 21.3 Å². The van der Waals surface area contributed by atoms with Crippen LogP contribution in [0.25, 0.3) is 0 Å². The first-order chi connectivity index (χ1) is 11.5. The van der Waals surface area contributed by atoms with Gasteiger partial charge in [-0.25, -0.2) is 4.79 Å². The molecule has 0 aliphatic carbocycles. The number of hydrogen-bond acceptors (Lipinski definition) is 6. The van der Waals surface area contributed by atoms with E-state index in [0.717, 1.165) is 12.3 Å². The minimum Gasteiger partial charge on any atom is -0.496 e. The lowest BCUT2D eigenvalue weighted by Gasteiger charge is -2.14. The fourth-order valence-electron chi connectivity index (χ4n) is 2.06. The van der Waals surface area contributed by atoms with Crippen LogP contribution in [0.15, 0.2) is 28.9 Å². The van der Waals surface area contributed by atoms with Gasteiger partial charge in [-0.1, -0.05) is 0 Å². The molecule has 1 aromatic carbocycles. The van der Waals surface area contributed by atoms with Gasteiger partial charge in [-0.15, -0.1) is 0 Å². The molecule has 1 heterocycles. The van der Waals surface area contributed by atoms with Crippen molar-refractivity contribution in [2.45, 2.75) is 6.54 Å². The Morgan fingerprint density at radius 1 is 1.04 bits per heavy atom. The molecule has 8 nitrogen and oxygen atoms in total. The highest BCUT2D eigenvalue weighted by Crippen LogP contribution is 2.34. The van der Waals surface area contributed by atoms with Crippen molar-refractivity contribution in [2.75, 3.05) is 21.3 Å². The summed E-state index contributed by atoms with van der Waals surface area (Å²) in [6.45, 7) is 0.130. The number of benzene rings is 1. The van der Waals surface area contributed by atoms with E-state index < -0.39 is 11.9 Å². The molecule has 0 aliphatic heterocycles. The van der Waals surface area contributed by atoms with Gasteiger partial charge in [0, 0.05) is 24.2 Å². The summed E-state index contributed by atoms with van der Waals surface area (Å²) in [6, 6.07) is 4.49. The lowest BCUT2D eigenvalue weighted by Crippen LogP contribution is -2.22. The Morgan fingerprint density at radius 3 is 2.21 bits per heavy atom. The minimum atomic E-state index is -1.17. The monoisotopic (exact) mass is 335 g/mol. The van der Waals surface area contributed by atoms with Crippen LogP contribution in [-0.2, 0) is 6.54 Å². The maximum atomic E-state index is 12.0. The van der Waals surface area contributed by atoms with Gasteiger partial charge in [-0.2, -0.15) is 0 Å². The first-order valence-electron chi connectivity index (χ1n) is 6.89. The molecule has 2 rings (SSSR count). The van der Waals surface area contributed by atoms with Gasteiger partial charge in [-0.3, -0.25) is 4.79 Å². The molecule has 1 aromatic heterocycles. The normalized spacial score (nSPS) is 10.1.